The van der Waals surface area contributed by atoms with Crippen molar-refractivity contribution in [3.8, 4) is 5.75 Å². The molecule has 2 aliphatic heterocycles. The fraction of sp³-hybridized carbons (Fsp3) is 0.533. The first-order valence-electron chi connectivity index (χ1n) is 6.89. The lowest BCUT2D eigenvalue weighted by Crippen LogP contribution is -2.58. The predicted octanol–water partition coefficient (Wildman–Crippen LogP) is 1.95. The number of nitrogens with zero attached hydrogens (tertiary/aromatic N) is 2. The van der Waals surface area contributed by atoms with Crippen molar-refractivity contribution in [3.05, 3.63) is 29.8 Å². The maximum Gasteiger partial charge on any atom is 0.192 e. The van der Waals surface area contributed by atoms with Crippen LogP contribution in [0.2, 0.25) is 0 Å². The van der Waals surface area contributed by atoms with Crippen molar-refractivity contribution in [1.82, 2.24) is 4.90 Å². The smallest absolute Gasteiger partial charge is 0.192 e. The molecule has 4 heteroatoms. The van der Waals surface area contributed by atoms with Gasteiger partial charge in [0.25, 0.3) is 0 Å². The number of hydrogen-bond acceptors (Lipinski definition) is 4. The number of para-hydroxylation sites is 1. The maximum absolute atomic E-state index is 6.14. The fourth-order valence-electron chi connectivity index (χ4n) is 3.46. The Balaban J connectivity index is 2.18. The second-order valence-corrected chi connectivity index (χ2v) is 5.77. The molecule has 0 aromatic heterocycles. The Hall–Kier alpha value is -1.71. The molecule has 3 rings (SSSR count). The van der Waals surface area contributed by atoms with Gasteiger partial charge in [0.05, 0.1) is 18.7 Å². The molecule has 2 unspecified atom stereocenters. The quantitative estimate of drug-likeness (QED) is 0.838. The number of ether oxygens (including phenoxy) is 1. The molecular weight excluding hydrogens is 238 g/mol. The van der Waals surface area contributed by atoms with Crippen LogP contribution in [-0.4, -0.2) is 30.1 Å². The van der Waals surface area contributed by atoms with Crippen molar-refractivity contribution >= 4 is 5.96 Å². The Kier molecular flexibility index (Phi) is 2.69. The molecule has 0 bridgehead atoms. The number of guanidine groups is 1. The monoisotopic (exact) mass is 259 g/mol. The van der Waals surface area contributed by atoms with E-state index in [0.29, 0.717) is 24.5 Å². The normalized spacial score (nSPS) is 29.4. The molecule has 0 fully saturated rings. The van der Waals surface area contributed by atoms with Crippen LogP contribution in [0.4, 0.5) is 0 Å². The van der Waals surface area contributed by atoms with E-state index in [1.54, 1.807) is 0 Å². The number of benzene rings is 1. The minimum absolute atomic E-state index is 0.146. The largest absolute Gasteiger partial charge is 0.493 e. The average Bonchev–Trinajstić information content (AvgIpc) is 2.74. The molecule has 2 N–H and O–H groups in total. The number of rotatable bonds is 1. The molecule has 1 aromatic carbocycles. The van der Waals surface area contributed by atoms with Crippen LogP contribution in [0.5, 0.6) is 5.75 Å². The van der Waals surface area contributed by atoms with Crippen molar-refractivity contribution in [3.63, 3.8) is 0 Å². The molecule has 19 heavy (non-hydrogen) atoms. The van der Waals surface area contributed by atoms with Crippen LogP contribution in [-0.2, 0) is 5.54 Å². The summed E-state index contributed by atoms with van der Waals surface area (Å²) in [7, 11) is 0. The Morgan fingerprint density at radius 3 is 2.89 bits per heavy atom. The van der Waals surface area contributed by atoms with Crippen molar-refractivity contribution in [2.75, 3.05) is 13.2 Å². The molecule has 4 nitrogen and oxygen atoms in total. The lowest BCUT2D eigenvalue weighted by atomic mass is 9.76. The Bertz CT molecular complexity index is 526. The fourth-order valence-corrected chi connectivity index (χ4v) is 3.46. The summed E-state index contributed by atoms with van der Waals surface area (Å²) in [6.07, 6.45) is 0. The van der Waals surface area contributed by atoms with Gasteiger partial charge in [-0.2, -0.15) is 0 Å². The zero-order valence-corrected chi connectivity index (χ0v) is 11.8. The van der Waals surface area contributed by atoms with Gasteiger partial charge in [-0.25, -0.2) is 0 Å². The zero-order chi connectivity index (χ0) is 13.6. The summed E-state index contributed by atoms with van der Waals surface area (Å²) in [5.74, 6) is 1.98. The van der Waals surface area contributed by atoms with Crippen LogP contribution in [0.25, 0.3) is 0 Å². The number of aliphatic imine (C=N–C) groups is 1. The predicted molar refractivity (Wildman–Crippen MR) is 76.2 cm³/mol. The first kappa shape index (κ1) is 12.3. The van der Waals surface area contributed by atoms with Gasteiger partial charge in [-0.05, 0) is 19.9 Å². The summed E-state index contributed by atoms with van der Waals surface area (Å²) in [5, 5.41) is 0. The number of fused-ring (bicyclic) bond motifs is 2. The third-order valence-electron chi connectivity index (χ3n) is 4.33. The van der Waals surface area contributed by atoms with Gasteiger partial charge in [-0.15, -0.1) is 0 Å². The molecule has 2 aliphatic rings. The molecule has 0 aliphatic carbocycles. The second kappa shape index (κ2) is 4.15. The van der Waals surface area contributed by atoms with Crippen LogP contribution >= 0.6 is 0 Å². The highest BCUT2D eigenvalue weighted by molar-refractivity contribution is 5.82. The lowest BCUT2D eigenvalue weighted by molar-refractivity contribution is 0.0438. The summed E-state index contributed by atoms with van der Waals surface area (Å²) in [6.45, 7) is 7.99. The average molecular weight is 259 g/mol. The van der Waals surface area contributed by atoms with Crippen molar-refractivity contribution in [2.24, 2.45) is 16.6 Å². The topological polar surface area (TPSA) is 50.8 Å². The highest BCUT2D eigenvalue weighted by Gasteiger charge is 2.52. The van der Waals surface area contributed by atoms with Crippen LogP contribution in [0.1, 0.15) is 26.3 Å². The lowest BCUT2D eigenvalue weighted by Gasteiger charge is -2.48. The van der Waals surface area contributed by atoms with Crippen LogP contribution < -0.4 is 10.5 Å². The van der Waals surface area contributed by atoms with Crippen LogP contribution in [0, 0.1) is 5.92 Å². The first-order chi connectivity index (χ1) is 9.07. The van der Waals surface area contributed by atoms with Gasteiger partial charge in [0.2, 0.25) is 0 Å². The molecule has 1 spiro atoms. The molecule has 0 saturated heterocycles. The van der Waals surface area contributed by atoms with Crippen molar-refractivity contribution in [1.29, 1.82) is 0 Å². The van der Waals surface area contributed by atoms with E-state index in [1.807, 2.05) is 12.1 Å². The summed E-state index contributed by atoms with van der Waals surface area (Å²) in [6, 6.07) is 8.58. The van der Waals surface area contributed by atoms with E-state index in [9.17, 15) is 0 Å². The third-order valence-corrected chi connectivity index (χ3v) is 4.33. The van der Waals surface area contributed by atoms with E-state index in [-0.39, 0.29) is 5.54 Å². The molecule has 0 amide bonds. The Morgan fingerprint density at radius 1 is 1.42 bits per heavy atom. The van der Waals surface area contributed by atoms with Gasteiger partial charge >= 0.3 is 0 Å². The van der Waals surface area contributed by atoms with E-state index in [0.717, 1.165) is 12.3 Å². The Labute approximate surface area is 114 Å². The van der Waals surface area contributed by atoms with E-state index in [4.69, 9.17) is 10.5 Å². The van der Waals surface area contributed by atoms with Gasteiger partial charge < -0.3 is 15.4 Å². The van der Waals surface area contributed by atoms with Gasteiger partial charge in [0.1, 0.15) is 5.75 Å². The van der Waals surface area contributed by atoms with Crippen LogP contribution in [0.3, 0.4) is 0 Å². The van der Waals surface area contributed by atoms with E-state index in [2.05, 4.69) is 42.8 Å². The molecule has 2 heterocycles. The highest BCUT2D eigenvalue weighted by Crippen LogP contribution is 2.47. The minimum Gasteiger partial charge on any atom is -0.493 e. The van der Waals surface area contributed by atoms with Gasteiger partial charge in [-0.3, -0.25) is 4.99 Å². The van der Waals surface area contributed by atoms with Crippen molar-refractivity contribution < 1.29 is 4.74 Å². The minimum atomic E-state index is -0.146. The third kappa shape index (κ3) is 1.55. The van der Waals surface area contributed by atoms with Crippen LogP contribution in [0.15, 0.2) is 29.3 Å². The number of nitrogens with two attached hydrogens (primary N) is 1. The molecule has 1 aromatic rings. The maximum atomic E-state index is 6.14. The van der Waals surface area contributed by atoms with Crippen molar-refractivity contribution in [2.45, 2.75) is 32.4 Å². The second-order valence-electron chi connectivity index (χ2n) is 5.77. The molecular formula is C15H21N3O. The van der Waals surface area contributed by atoms with E-state index >= 15 is 0 Å². The summed E-state index contributed by atoms with van der Waals surface area (Å²) < 4.78 is 5.87. The summed E-state index contributed by atoms with van der Waals surface area (Å²) in [5.41, 5.74) is 7.21. The molecule has 2 atom stereocenters. The standard InChI is InChI=1S/C15H21N3O/c1-10(2)18-14(16)17-9-15(18)11(3)8-19-13-7-5-4-6-12(13)15/h4-7,10-11H,8-9H2,1-3H3,(H2,16,17). The molecule has 0 radical (unpaired) electrons. The number of hydrogen-bond donors (Lipinski definition) is 1. The molecule has 102 valence electrons. The molecule has 0 saturated carbocycles. The highest BCUT2D eigenvalue weighted by atomic mass is 16.5. The summed E-state index contributed by atoms with van der Waals surface area (Å²) in [4.78, 5) is 6.79. The van der Waals surface area contributed by atoms with Gasteiger partial charge in [0.15, 0.2) is 5.96 Å². The summed E-state index contributed by atoms with van der Waals surface area (Å²) >= 11 is 0. The SMILES string of the molecule is CC(C)N1C(N)=NCC12c1ccccc1OCC2C. The van der Waals surface area contributed by atoms with E-state index < -0.39 is 0 Å². The van der Waals surface area contributed by atoms with Gasteiger partial charge in [0, 0.05) is 17.5 Å². The first-order valence-corrected chi connectivity index (χ1v) is 6.89. The Morgan fingerprint density at radius 2 is 2.16 bits per heavy atom. The van der Waals surface area contributed by atoms with E-state index in [1.165, 1.54) is 5.56 Å². The zero-order valence-electron chi connectivity index (χ0n) is 11.8. The van der Waals surface area contributed by atoms with Gasteiger partial charge in [-0.1, -0.05) is 25.1 Å².